The number of hydrogen-bond donors (Lipinski definition) is 1. The number of nitrogens with zero attached hydrogens (tertiary/aromatic N) is 2. The minimum absolute atomic E-state index is 0.329. The van der Waals surface area contributed by atoms with Gasteiger partial charge in [0.15, 0.2) is 6.10 Å². The van der Waals surface area contributed by atoms with Crippen molar-refractivity contribution in [2.24, 2.45) is 0 Å². The van der Waals surface area contributed by atoms with E-state index >= 15 is 0 Å². The maximum absolute atomic E-state index is 12.2. The van der Waals surface area contributed by atoms with Gasteiger partial charge in [0, 0.05) is 10.6 Å². The molecule has 1 N–H and O–H groups in total. The zero-order valence-electron chi connectivity index (χ0n) is 13.1. The summed E-state index contributed by atoms with van der Waals surface area (Å²) in [4.78, 5) is 12.2. The van der Waals surface area contributed by atoms with E-state index in [0.29, 0.717) is 27.4 Å². The van der Waals surface area contributed by atoms with Crippen LogP contribution in [0.5, 0.6) is 5.75 Å². The van der Waals surface area contributed by atoms with Gasteiger partial charge in [0.1, 0.15) is 5.75 Å². The molecule has 0 fully saturated rings. The van der Waals surface area contributed by atoms with Gasteiger partial charge in [0.25, 0.3) is 5.91 Å². The van der Waals surface area contributed by atoms with Gasteiger partial charge in [-0.2, -0.15) is 0 Å². The van der Waals surface area contributed by atoms with Gasteiger partial charge in [0.2, 0.25) is 12.3 Å². The Labute approximate surface area is 153 Å². The highest BCUT2D eigenvalue weighted by molar-refractivity contribution is 6.36. The van der Waals surface area contributed by atoms with Crippen molar-refractivity contribution in [1.29, 1.82) is 0 Å². The second-order valence-electron chi connectivity index (χ2n) is 5.14. The molecule has 0 saturated carbocycles. The topological polar surface area (TPSA) is 77.2 Å². The predicted octanol–water partition coefficient (Wildman–Crippen LogP) is 4.45. The van der Waals surface area contributed by atoms with Crippen LogP contribution in [0.2, 0.25) is 10.0 Å². The first kappa shape index (κ1) is 17.3. The van der Waals surface area contributed by atoms with Crippen LogP contribution in [0.25, 0.3) is 11.5 Å². The van der Waals surface area contributed by atoms with Crippen LogP contribution < -0.4 is 10.1 Å². The van der Waals surface area contributed by atoms with Crippen molar-refractivity contribution in [1.82, 2.24) is 10.2 Å². The molecule has 3 rings (SSSR count). The van der Waals surface area contributed by atoms with E-state index in [2.05, 4.69) is 15.5 Å². The summed E-state index contributed by atoms with van der Waals surface area (Å²) in [7, 11) is 0. The number of benzene rings is 2. The van der Waals surface area contributed by atoms with E-state index < -0.39 is 6.10 Å². The van der Waals surface area contributed by atoms with Crippen molar-refractivity contribution in [3.05, 3.63) is 58.9 Å². The van der Waals surface area contributed by atoms with Crippen molar-refractivity contribution in [2.45, 2.75) is 13.0 Å². The van der Waals surface area contributed by atoms with Gasteiger partial charge in [-0.1, -0.05) is 23.2 Å². The van der Waals surface area contributed by atoms with Gasteiger partial charge in [-0.05, 0) is 49.4 Å². The fourth-order valence-electron chi connectivity index (χ4n) is 2.06. The largest absolute Gasteiger partial charge is 0.481 e. The molecule has 0 radical (unpaired) electrons. The molecule has 0 unspecified atom stereocenters. The maximum atomic E-state index is 12.2. The average molecular weight is 378 g/mol. The molecular formula is C17H13Cl2N3O3. The lowest BCUT2D eigenvalue weighted by atomic mass is 10.2. The fourth-order valence-corrected chi connectivity index (χ4v) is 2.51. The number of nitrogens with one attached hydrogen (secondary N) is 1. The smallest absolute Gasteiger partial charge is 0.265 e. The van der Waals surface area contributed by atoms with Crippen molar-refractivity contribution in [2.75, 3.05) is 5.32 Å². The molecule has 8 heteroatoms. The summed E-state index contributed by atoms with van der Waals surface area (Å²) in [6.45, 7) is 1.64. The summed E-state index contributed by atoms with van der Waals surface area (Å²) < 4.78 is 10.8. The third kappa shape index (κ3) is 4.29. The van der Waals surface area contributed by atoms with Gasteiger partial charge < -0.3 is 14.5 Å². The van der Waals surface area contributed by atoms with E-state index in [1.807, 2.05) is 0 Å². The summed E-state index contributed by atoms with van der Waals surface area (Å²) in [5.41, 5.74) is 1.23. The normalized spacial score (nSPS) is 11.8. The lowest BCUT2D eigenvalue weighted by Gasteiger charge is -2.15. The second-order valence-corrected chi connectivity index (χ2v) is 5.99. The SMILES string of the molecule is C[C@@H](Oc1ccc(-c2nnco2)cc1)C(=O)Nc1ccc(Cl)cc1Cl. The maximum Gasteiger partial charge on any atom is 0.265 e. The first-order chi connectivity index (χ1) is 12.0. The van der Waals surface area contributed by atoms with E-state index in [1.165, 1.54) is 6.39 Å². The van der Waals surface area contributed by atoms with Crippen LogP contribution in [0.4, 0.5) is 5.69 Å². The van der Waals surface area contributed by atoms with E-state index in [1.54, 1.807) is 49.4 Å². The van der Waals surface area contributed by atoms with Gasteiger partial charge in [-0.15, -0.1) is 10.2 Å². The highest BCUT2D eigenvalue weighted by Crippen LogP contribution is 2.26. The molecule has 0 spiro atoms. The lowest BCUT2D eigenvalue weighted by Crippen LogP contribution is -2.30. The van der Waals surface area contributed by atoms with E-state index in [0.717, 1.165) is 5.56 Å². The van der Waals surface area contributed by atoms with E-state index in [4.69, 9.17) is 32.4 Å². The third-order valence-electron chi connectivity index (χ3n) is 3.33. The minimum atomic E-state index is -0.721. The van der Waals surface area contributed by atoms with Crippen LogP contribution >= 0.6 is 23.2 Å². The zero-order valence-corrected chi connectivity index (χ0v) is 14.6. The number of aromatic nitrogens is 2. The standard InChI is InChI=1S/C17H13Cl2N3O3/c1-10(16(23)21-15-7-4-12(18)8-14(15)19)25-13-5-2-11(3-6-13)17-22-20-9-24-17/h2-10H,1H3,(H,21,23)/t10-/m1/s1. The van der Waals surface area contributed by atoms with Crippen molar-refractivity contribution < 1.29 is 13.9 Å². The zero-order chi connectivity index (χ0) is 17.8. The Morgan fingerprint density at radius 1 is 1.20 bits per heavy atom. The summed E-state index contributed by atoms with van der Waals surface area (Å²) in [5, 5.41) is 11.0. The van der Waals surface area contributed by atoms with Gasteiger partial charge >= 0.3 is 0 Å². The number of carbonyl (C=O) groups excluding carboxylic acids is 1. The molecule has 0 saturated heterocycles. The molecule has 128 valence electrons. The van der Waals surface area contributed by atoms with Gasteiger partial charge in [-0.3, -0.25) is 4.79 Å². The molecule has 0 aliphatic carbocycles. The number of anilines is 1. The molecule has 0 aliphatic rings. The molecule has 3 aromatic rings. The monoisotopic (exact) mass is 377 g/mol. The summed E-state index contributed by atoms with van der Waals surface area (Å²) in [5.74, 6) is 0.619. The van der Waals surface area contributed by atoms with Crippen LogP contribution in [0.1, 0.15) is 6.92 Å². The molecule has 1 aromatic heterocycles. The van der Waals surface area contributed by atoms with Gasteiger partial charge in [-0.25, -0.2) is 0 Å². The Kier molecular flexibility index (Phi) is 5.21. The first-order valence-corrected chi connectivity index (χ1v) is 8.07. The molecular weight excluding hydrogens is 365 g/mol. The van der Waals surface area contributed by atoms with Crippen LogP contribution in [-0.2, 0) is 4.79 Å². The lowest BCUT2D eigenvalue weighted by molar-refractivity contribution is -0.122. The molecule has 0 aliphatic heterocycles. The number of amides is 1. The molecule has 25 heavy (non-hydrogen) atoms. The molecule has 0 bridgehead atoms. The fraction of sp³-hybridized carbons (Fsp3) is 0.118. The van der Waals surface area contributed by atoms with Crippen molar-refractivity contribution >= 4 is 34.8 Å². The molecule has 2 aromatic carbocycles. The highest BCUT2D eigenvalue weighted by atomic mass is 35.5. The van der Waals surface area contributed by atoms with Crippen LogP contribution in [0.15, 0.2) is 53.3 Å². The number of rotatable bonds is 5. The number of hydrogen-bond acceptors (Lipinski definition) is 5. The summed E-state index contributed by atoms with van der Waals surface area (Å²) in [6.07, 6.45) is 0.537. The van der Waals surface area contributed by atoms with E-state index in [9.17, 15) is 4.79 Å². The minimum Gasteiger partial charge on any atom is -0.481 e. The Morgan fingerprint density at radius 2 is 1.96 bits per heavy atom. The van der Waals surface area contributed by atoms with Crippen molar-refractivity contribution in [3.8, 4) is 17.2 Å². The molecule has 1 heterocycles. The quantitative estimate of drug-likeness (QED) is 0.710. The number of carbonyl (C=O) groups is 1. The number of ether oxygens (including phenoxy) is 1. The molecule has 6 nitrogen and oxygen atoms in total. The Bertz CT molecular complexity index is 867. The second kappa shape index (κ2) is 7.55. The Balaban J connectivity index is 1.63. The molecule has 1 amide bonds. The van der Waals surface area contributed by atoms with Crippen LogP contribution in [0.3, 0.4) is 0 Å². The third-order valence-corrected chi connectivity index (χ3v) is 3.88. The van der Waals surface area contributed by atoms with Crippen molar-refractivity contribution in [3.63, 3.8) is 0 Å². The Morgan fingerprint density at radius 3 is 2.60 bits per heavy atom. The molecule has 1 atom stereocenters. The Hall–Kier alpha value is -2.57. The average Bonchev–Trinajstić information content (AvgIpc) is 3.12. The van der Waals surface area contributed by atoms with Gasteiger partial charge in [0.05, 0.1) is 10.7 Å². The number of halogens is 2. The summed E-state index contributed by atoms with van der Waals surface area (Å²) >= 11 is 11.9. The highest BCUT2D eigenvalue weighted by Gasteiger charge is 2.16. The van der Waals surface area contributed by atoms with Crippen LogP contribution in [0, 0.1) is 0 Å². The predicted molar refractivity (Wildman–Crippen MR) is 94.9 cm³/mol. The van der Waals surface area contributed by atoms with Crippen LogP contribution in [-0.4, -0.2) is 22.2 Å². The first-order valence-electron chi connectivity index (χ1n) is 7.32. The van der Waals surface area contributed by atoms with E-state index in [-0.39, 0.29) is 5.91 Å². The summed E-state index contributed by atoms with van der Waals surface area (Å²) in [6, 6.07) is 11.8.